The Labute approximate surface area is 315 Å². The van der Waals surface area contributed by atoms with Crippen LogP contribution >= 0.6 is 0 Å². The number of carbonyl (C=O) groups excluding carboxylic acids is 2. The Hall–Kier alpha value is -5.77. The molecule has 0 radical (unpaired) electrons. The van der Waals surface area contributed by atoms with E-state index in [-0.39, 0.29) is 39.2 Å². The lowest BCUT2D eigenvalue weighted by Crippen LogP contribution is -2.28. The summed E-state index contributed by atoms with van der Waals surface area (Å²) in [4.78, 5) is 23.8. The summed E-state index contributed by atoms with van der Waals surface area (Å²) in [6, 6.07) is 18.9. The van der Waals surface area contributed by atoms with Crippen molar-refractivity contribution < 1.29 is 58.0 Å². The third-order valence-corrected chi connectivity index (χ3v) is 11.1. The standard InChI is InChI=1S/C35H32N4O13S3/c1-20-4-10-27(11-5-20)55(49,50)52-19-32(40)36-18-23-7-6-22(14-21(23)2)35(42)37-25-8-12-28-24(15-25)16-31(54(46,47)48)33(34(28)41)39-38-29-13-9-26(51-3)17-30(29)53(43,44)45/h4-17,41H,18-19H2,1-3H3,(H,36,40)(H,37,42)(H,43,44,45)(H,46,47,48). The van der Waals surface area contributed by atoms with E-state index >= 15 is 0 Å². The molecule has 0 aliphatic heterocycles. The molecule has 5 aromatic rings. The van der Waals surface area contributed by atoms with Crippen LogP contribution in [-0.4, -0.2) is 65.0 Å². The second-order valence-electron chi connectivity index (χ2n) is 11.9. The van der Waals surface area contributed by atoms with Gasteiger partial charge in [0.2, 0.25) is 5.91 Å². The zero-order valence-corrected chi connectivity index (χ0v) is 31.5. The van der Waals surface area contributed by atoms with Crippen molar-refractivity contribution in [3.8, 4) is 11.5 Å². The lowest BCUT2D eigenvalue weighted by molar-refractivity contribution is -0.123. The van der Waals surface area contributed by atoms with Gasteiger partial charge in [0.15, 0.2) is 5.75 Å². The van der Waals surface area contributed by atoms with Crippen LogP contribution in [0.4, 0.5) is 17.1 Å². The lowest BCUT2D eigenvalue weighted by atomic mass is 10.0. The van der Waals surface area contributed by atoms with Gasteiger partial charge in [-0.25, -0.2) is 0 Å². The molecule has 5 rings (SSSR count). The van der Waals surface area contributed by atoms with Crippen molar-refractivity contribution in [2.75, 3.05) is 19.0 Å². The molecule has 0 spiro atoms. The Morgan fingerprint density at radius 1 is 0.782 bits per heavy atom. The fraction of sp³-hybridized carbons (Fsp3) is 0.143. The molecule has 0 aromatic heterocycles. The molecule has 5 N–H and O–H groups in total. The van der Waals surface area contributed by atoms with Crippen LogP contribution in [0.25, 0.3) is 10.8 Å². The highest BCUT2D eigenvalue weighted by molar-refractivity contribution is 7.87. The summed E-state index contributed by atoms with van der Waals surface area (Å²) in [7, 11) is -12.8. The number of phenolic OH excluding ortho intramolecular Hbond substituents is 1. The van der Waals surface area contributed by atoms with Gasteiger partial charge in [-0.3, -0.25) is 22.9 Å². The third-order valence-electron chi connectivity index (χ3n) is 8.02. The van der Waals surface area contributed by atoms with Gasteiger partial charge >= 0.3 is 0 Å². The molecule has 0 atom stereocenters. The van der Waals surface area contributed by atoms with Gasteiger partial charge in [0.1, 0.15) is 33.5 Å². The van der Waals surface area contributed by atoms with Crippen molar-refractivity contribution in [2.24, 2.45) is 10.2 Å². The molecular formula is C35H32N4O13S3. The molecule has 17 nitrogen and oxygen atoms in total. The van der Waals surface area contributed by atoms with Crippen molar-refractivity contribution >= 4 is 70.0 Å². The molecule has 5 aromatic carbocycles. The molecule has 0 saturated heterocycles. The number of ether oxygens (including phenoxy) is 1. The molecule has 0 unspecified atom stereocenters. The summed E-state index contributed by atoms with van der Waals surface area (Å²) in [6.45, 7) is 2.76. The number of aromatic hydroxyl groups is 1. The first-order valence-corrected chi connectivity index (χ1v) is 20.0. The van der Waals surface area contributed by atoms with E-state index in [2.05, 4.69) is 20.9 Å². The number of hydrogen-bond donors (Lipinski definition) is 5. The van der Waals surface area contributed by atoms with Gasteiger partial charge in [0, 0.05) is 29.2 Å². The minimum atomic E-state index is -5.07. The van der Waals surface area contributed by atoms with Crippen molar-refractivity contribution in [2.45, 2.75) is 35.1 Å². The average molecular weight is 813 g/mol. The predicted octanol–water partition coefficient (Wildman–Crippen LogP) is 5.35. The van der Waals surface area contributed by atoms with E-state index in [0.29, 0.717) is 11.1 Å². The van der Waals surface area contributed by atoms with E-state index in [4.69, 9.17) is 8.92 Å². The molecule has 0 aliphatic rings. The van der Waals surface area contributed by atoms with Gasteiger partial charge in [-0.1, -0.05) is 23.8 Å². The van der Waals surface area contributed by atoms with Crippen LogP contribution in [0.5, 0.6) is 11.5 Å². The van der Waals surface area contributed by atoms with Crippen molar-refractivity contribution in [1.82, 2.24) is 5.32 Å². The van der Waals surface area contributed by atoms with Gasteiger partial charge < -0.3 is 20.5 Å². The summed E-state index contributed by atoms with van der Waals surface area (Å²) < 4.78 is 103. The maximum absolute atomic E-state index is 13.2. The van der Waals surface area contributed by atoms with Crippen LogP contribution in [0.3, 0.4) is 0 Å². The smallest absolute Gasteiger partial charge is 0.297 e. The molecule has 2 amide bonds. The predicted molar refractivity (Wildman–Crippen MR) is 198 cm³/mol. The minimum Gasteiger partial charge on any atom is -0.505 e. The first kappa shape index (κ1) is 40.4. The maximum atomic E-state index is 13.2. The highest BCUT2D eigenvalue weighted by Crippen LogP contribution is 2.42. The van der Waals surface area contributed by atoms with E-state index < -0.39 is 75.7 Å². The Morgan fingerprint density at radius 2 is 1.47 bits per heavy atom. The molecule has 288 valence electrons. The SMILES string of the molecule is COc1ccc(N=Nc2c(S(=O)(=O)O)cc3cc(NC(=O)c4ccc(CNC(=O)COS(=O)(=O)c5ccc(C)cc5)c(C)c4)ccc3c2O)c(S(=O)(=O)O)c1. The number of fused-ring (bicyclic) bond motifs is 1. The van der Waals surface area contributed by atoms with Gasteiger partial charge in [0.05, 0.1) is 12.0 Å². The van der Waals surface area contributed by atoms with E-state index in [9.17, 15) is 49.1 Å². The van der Waals surface area contributed by atoms with Crippen LogP contribution in [0.1, 0.15) is 27.0 Å². The number of nitrogens with one attached hydrogen (secondary N) is 2. The fourth-order valence-electron chi connectivity index (χ4n) is 5.12. The number of rotatable bonds is 13. The number of amides is 2. The minimum absolute atomic E-state index is 0.00805. The number of carbonyl (C=O) groups is 2. The monoisotopic (exact) mass is 812 g/mol. The first-order valence-electron chi connectivity index (χ1n) is 15.7. The molecular weight excluding hydrogens is 781 g/mol. The highest BCUT2D eigenvalue weighted by atomic mass is 32.2. The van der Waals surface area contributed by atoms with E-state index in [1.807, 2.05) is 0 Å². The summed E-state index contributed by atoms with van der Waals surface area (Å²) in [5, 5.41) is 23.7. The molecule has 55 heavy (non-hydrogen) atoms. The third kappa shape index (κ3) is 9.67. The van der Waals surface area contributed by atoms with Gasteiger partial charge in [-0.2, -0.15) is 25.3 Å². The lowest BCUT2D eigenvalue weighted by Gasteiger charge is -2.12. The van der Waals surface area contributed by atoms with Crippen LogP contribution in [-0.2, 0) is 45.9 Å². The topological polar surface area (TPSA) is 264 Å². The number of hydrogen-bond acceptors (Lipinski definition) is 13. The molecule has 20 heteroatoms. The Kier molecular flexibility index (Phi) is 11.7. The van der Waals surface area contributed by atoms with Gasteiger partial charge in [-0.15, -0.1) is 10.2 Å². The van der Waals surface area contributed by atoms with Crippen molar-refractivity contribution in [1.29, 1.82) is 0 Å². The molecule has 0 fully saturated rings. The van der Waals surface area contributed by atoms with Crippen molar-refractivity contribution in [3.05, 3.63) is 107 Å². The normalized spacial score (nSPS) is 12.2. The van der Waals surface area contributed by atoms with Crippen molar-refractivity contribution in [3.63, 3.8) is 0 Å². The largest absolute Gasteiger partial charge is 0.505 e. The summed E-state index contributed by atoms with van der Waals surface area (Å²) in [5.74, 6) is -1.97. The zero-order chi connectivity index (χ0) is 40.3. The Morgan fingerprint density at radius 3 is 2.11 bits per heavy atom. The van der Waals surface area contributed by atoms with Gasteiger partial charge in [0.25, 0.3) is 36.3 Å². The Balaban J connectivity index is 1.31. The fourth-order valence-corrected chi connectivity index (χ4v) is 7.29. The summed E-state index contributed by atoms with van der Waals surface area (Å²) in [6.07, 6.45) is 0. The van der Waals surface area contributed by atoms with E-state index in [0.717, 1.165) is 23.8 Å². The molecule has 0 saturated carbocycles. The van der Waals surface area contributed by atoms with Crippen LogP contribution in [0.2, 0.25) is 0 Å². The second-order valence-corrected chi connectivity index (χ2v) is 16.3. The second kappa shape index (κ2) is 15.9. The molecule has 0 heterocycles. The van der Waals surface area contributed by atoms with Crippen LogP contribution in [0, 0.1) is 13.8 Å². The van der Waals surface area contributed by atoms with Crippen LogP contribution < -0.4 is 15.4 Å². The number of aryl methyl sites for hydroxylation is 2. The first-order chi connectivity index (χ1) is 25.8. The highest BCUT2D eigenvalue weighted by Gasteiger charge is 2.24. The number of azo groups is 1. The summed E-state index contributed by atoms with van der Waals surface area (Å²) >= 11 is 0. The average Bonchev–Trinajstić information content (AvgIpc) is 3.12. The number of anilines is 1. The number of methoxy groups -OCH3 is 1. The molecule has 0 aliphatic carbocycles. The molecule has 0 bridgehead atoms. The maximum Gasteiger partial charge on any atom is 0.297 e. The Bertz CT molecular complexity index is 2700. The number of benzene rings is 5. The van der Waals surface area contributed by atoms with E-state index in [1.165, 1.54) is 49.6 Å². The van der Waals surface area contributed by atoms with Gasteiger partial charge in [-0.05, 0) is 91.0 Å². The summed E-state index contributed by atoms with van der Waals surface area (Å²) in [5.41, 5.74) is 1.29. The number of nitrogens with zero attached hydrogens (tertiary/aromatic N) is 2. The quantitative estimate of drug-likeness (QED) is 0.0571. The number of phenols is 1. The van der Waals surface area contributed by atoms with E-state index in [1.54, 1.807) is 38.1 Å². The zero-order valence-electron chi connectivity index (χ0n) is 29.0. The van der Waals surface area contributed by atoms with Crippen LogP contribution in [0.15, 0.2) is 110 Å².